The molecule has 0 N–H and O–H groups in total. The summed E-state index contributed by atoms with van der Waals surface area (Å²) in [5, 5.41) is 8.90. The van der Waals surface area contributed by atoms with Crippen LogP contribution in [0, 0.1) is 0 Å². The molecule has 3 heteroatoms. The summed E-state index contributed by atoms with van der Waals surface area (Å²) >= 11 is 0. The van der Waals surface area contributed by atoms with Crippen LogP contribution in [-0.2, 0) is 4.74 Å². The number of benzene rings is 7. The normalized spacial score (nSPS) is 14.6. The van der Waals surface area contributed by atoms with E-state index in [2.05, 4.69) is 158 Å². The van der Waals surface area contributed by atoms with Crippen molar-refractivity contribution in [1.82, 2.24) is 0 Å². The van der Waals surface area contributed by atoms with Gasteiger partial charge in [0.1, 0.15) is 12.6 Å². The Morgan fingerprint density at radius 1 is 0.545 bits per heavy atom. The fourth-order valence-corrected chi connectivity index (χ4v) is 8.81. The molecule has 1 atom stereocenters. The zero-order valence-electron chi connectivity index (χ0n) is 24.2. The molecule has 44 heavy (non-hydrogen) atoms. The lowest BCUT2D eigenvalue weighted by molar-refractivity contribution is 0.320. The van der Waals surface area contributed by atoms with Gasteiger partial charge in [-0.2, -0.15) is 0 Å². The molecule has 0 aliphatic carbocycles. The van der Waals surface area contributed by atoms with Crippen molar-refractivity contribution < 1.29 is 4.74 Å². The Balaban J connectivity index is 1.40. The van der Waals surface area contributed by atoms with Crippen LogP contribution < -0.4 is 15.9 Å². The van der Waals surface area contributed by atoms with Crippen molar-refractivity contribution in [3.63, 3.8) is 0 Å². The summed E-state index contributed by atoms with van der Waals surface area (Å²) in [5.41, 5.74) is 4.67. The Bertz CT molecular complexity index is 2080. The minimum Gasteiger partial charge on any atom is -0.475 e. The molecule has 0 aromatic heterocycles. The van der Waals surface area contributed by atoms with Crippen molar-refractivity contribution in [2.45, 2.75) is 6.04 Å². The Morgan fingerprint density at radius 2 is 1.14 bits per heavy atom. The molecular weight excluding hydrogens is 553 g/mol. The lowest BCUT2D eigenvalue weighted by Gasteiger charge is -2.25. The largest absolute Gasteiger partial charge is 0.475 e. The van der Waals surface area contributed by atoms with Crippen LogP contribution in [0.2, 0.25) is 0 Å². The van der Waals surface area contributed by atoms with Gasteiger partial charge in [0.05, 0.1) is 0 Å². The van der Waals surface area contributed by atoms with E-state index in [4.69, 9.17) is 9.73 Å². The van der Waals surface area contributed by atoms with Gasteiger partial charge in [-0.25, -0.2) is 4.99 Å². The molecule has 1 aliphatic heterocycles. The minimum atomic E-state index is -0.838. The molecule has 0 fully saturated rings. The van der Waals surface area contributed by atoms with Crippen LogP contribution in [0.1, 0.15) is 17.2 Å². The number of fused-ring (bicyclic) bond motifs is 2. The third-order valence-electron chi connectivity index (χ3n) is 8.39. The second-order valence-electron chi connectivity index (χ2n) is 11.1. The average molecular weight is 584 g/mol. The molecule has 210 valence electrons. The number of aliphatic imine (C=N–C) groups is 1. The maximum atomic E-state index is 6.30. The predicted octanol–water partition coefficient (Wildman–Crippen LogP) is 8.94. The maximum Gasteiger partial charge on any atom is 0.216 e. The van der Waals surface area contributed by atoms with Gasteiger partial charge in [0.15, 0.2) is 0 Å². The predicted molar refractivity (Wildman–Crippen MR) is 187 cm³/mol. The van der Waals surface area contributed by atoms with Gasteiger partial charge in [-0.1, -0.05) is 152 Å². The van der Waals surface area contributed by atoms with E-state index in [-0.39, 0.29) is 6.04 Å². The summed E-state index contributed by atoms with van der Waals surface area (Å²) in [7, 11) is -0.838. The molecule has 1 aliphatic rings. The van der Waals surface area contributed by atoms with Gasteiger partial charge in [-0.3, -0.25) is 0 Å². The highest BCUT2D eigenvalue weighted by molar-refractivity contribution is 7.80. The van der Waals surface area contributed by atoms with Crippen molar-refractivity contribution >= 4 is 51.3 Å². The Labute approximate surface area is 259 Å². The monoisotopic (exact) mass is 583 g/mol. The summed E-state index contributed by atoms with van der Waals surface area (Å²) in [6.07, 6.45) is 0. The van der Waals surface area contributed by atoms with Crippen LogP contribution in [0.3, 0.4) is 0 Å². The number of ether oxygens (including phenoxy) is 1. The van der Waals surface area contributed by atoms with Crippen LogP contribution >= 0.6 is 7.92 Å². The summed E-state index contributed by atoms with van der Waals surface area (Å²) in [4.78, 5) is 5.08. The quantitative estimate of drug-likeness (QED) is 0.179. The Hall–Kier alpha value is -5.04. The summed E-state index contributed by atoms with van der Waals surface area (Å²) in [5.74, 6) is 0.709. The van der Waals surface area contributed by atoms with E-state index in [1.807, 2.05) is 6.07 Å². The number of hydrogen-bond donors (Lipinski definition) is 0. The zero-order chi connectivity index (χ0) is 29.3. The highest BCUT2D eigenvalue weighted by Crippen LogP contribution is 2.42. The first-order valence-electron chi connectivity index (χ1n) is 15.0. The van der Waals surface area contributed by atoms with Crippen molar-refractivity contribution in [3.05, 3.63) is 175 Å². The lowest BCUT2D eigenvalue weighted by atomic mass is 9.92. The van der Waals surface area contributed by atoms with E-state index in [9.17, 15) is 0 Å². The highest BCUT2D eigenvalue weighted by atomic mass is 31.1. The highest BCUT2D eigenvalue weighted by Gasteiger charge is 2.26. The molecule has 0 radical (unpaired) electrons. The van der Waals surface area contributed by atoms with E-state index in [0.29, 0.717) is 12.5 Å². The fraction of sp³-hybridized carbons (Fsp3) is 0.0488. The van der Waals surface area contributed by atoms with Gasteiger partial charge >= 0.3 is 0 Å². The molecule has 0 saturated carbocycles. The van der Waals surface area contributed by atoms with Crippen molar-refractivity contribution in [2.75, 3.05) is 6.61 Å². The maximum absolute atomic E-state index is 6.30. The van der Waals surface area contributed by atoms with Gasteiger partial charge < -0.3 is 4.74 Å². The van der Waals surface area contributed by atoms with E-state index < -0.39 is 7.92 Å². The standard InChI is InChI=1S/C41H30NOP/c1-4-15-30(16-5-1)38-28-43-41(42-38)32-26-31-17-11-12-22-35(31)37(27-32)40-36-23-13-10-14-29(36)24-25-39(40)44(33-18-6-2-7-19-33)34-20-8-3-9-21-34/h1-27,38H,28H2/t38-/m0/s1. The van der Waals surface area contributed by atoms with Crippen molar-refractivity contribution in [3.8, 4) is 11.1 Å². The second-order valence-corrected chi connectivity index (χ2v) is 13.3. The van der Waals surface area contributed by atoms with Crippen LogP contribution in [0.4, 0.5) is 0 Å². The van der Waals surface area contributed by atoms with Gasteiger partial charge in [0.2, 0.25) is 5.90 Å². The number of hydrogen-bond acceptors (Lipinski definition) is 2. The molecule has 8 rings (SSSR count). The molecule has 0 bridgehead atoms. The lowest BCUT2D eigenvalue weighted by Crippen LogP contribution is -2.22. The van der Waals surface area contributed by atoms with Crippen LogP contribution in [-0.4, -0.2) is 12.5 Å². The van der Waals surface area contributed by atoms with Crippen LogP contribution in [0.5, 0.6) is 0 Å². The zero-order valence-corrected chi connectivity index (χ0v) is 25.1. The van der Waals surface area contributed by atoms with Crippen molar-refractivity contribution in [2.24, 2.45) is 4.99 Å². The first-order chi connectivity index (χ1) is 21.8. The average Bonchev–Trinajstić information content (AvgIpc) is 3.60. The van der Waals surface area contributed by atoms with Crippen LogP contribution in [0.25, 0.3) is 32.7 Å². The summed E-state index contributed by atoms with van der Waals surface area (Å²) in [6.45, 7) is 0.550. The molecule has 0 spiro atoms. The third kappa shape index (κ3) is 4.88. The summed E-state index contributed by atoms with van der Waals surface area (Å²) in [6, 6.07) is 59.0. The molecule has 7 aromatic rings. The number of nitrogens with zero attached hydrogens (tertiary/aromatic N) is 1. The van der Waals surface area contributed by atoms with Gasteiger partial charge in [0, 0.05) is 5.56 Å². The number of rotatable bonds is 6. The molecule has 7 aromatic carbocycles. The van der Waals surface area contributed by atoms with E-state index in [1.54, 1.807) is 0 Å². The summed E-state index contributed by atoms with van der Waals surface area (Å²) < 4.78 is 6.30. The SMILES string of the molecule is c1ccc([C@@H]2COC(c3cc(-c4c(P(c5ccccc5)c5ccccc5)ccc5ccccc45)c4ccccc4c3)=N2)cc1. The molecule has 0 amide bonds. The minimum absolute atomic E-state index is 0.00163. The molecule has 2 nitrogen and oxygen atoms in total. The molecule has 0 unspecified atom stereocenters. The fourth-order valence-electron chi connectivity index (χ4n) is 6.33. The van der Waals surface area contributed by atoms with Gasteiger partial charge in [0.25, 0.3) is 0 Å². The molecule has 1 heterocycles. The van der Waals surface area contributed by atoms with Gasteiger partial charge in [-0.15, -0.1) is 0 Å². The first kappa shape index (κ1) is 26.6. The second kappa shape index (κ2) is 11.6. The van der Waals surface area contributed by atoms with E-state index >= 15 is 0 Å². The Morgan fingerprint density at radius 3 is 1.84 bits per heavy atom. The smallest absolute Gasteiger partial charge is 0.216 e. The van der Waals surface area contributed by atoms with Gasteiger partial charge in [-0.05, 0) is 74.2 Å². The van der Waals surface area contributed by atoms with E-state index in [1.165, 1.54) is 54.1 Å². The third-order valence-corrected chi connectivity index (χ3v) is 10.9. The first-order valence-corrected chi connectivity index (χ1v) is 16.4. The molecule has 0 saturated heterocycles. The molecular formula is C41H30NOP. The van der Waals surface area contributed by atoms with Crippen molar-refractivity contribution in [1.29, 1.82) is 0 Å². The Kier molecular flexibility index (Phi) is 6.99. The van der Waals surface area contributed by atoms with Crippen LogP contribution in [0.15, 0.2) is 169 Å². The van der Waals surface area contributed by atoms with E-state index in [0.717, 1.165) is 5.56 Å². The topological polar surface area (TPSA) is 21.6 Å².